The second kappa shape index (κ2) is 7.54. The Morgan fingerprint density at radius 3 is 1.88 bits per heavy atom. The lowest BCUT2D eigenvalue weighted by atomic mass is 10.0. The first-order valence-corrected chi connectivity index (χ1v) is 7.02. The minimum atomic E-state index is 0.826. The molecule has 96 valence electrons. The van der Waals surface area contributed by atoms with E-state index in [1.54, 1.807) is 0 Å². The lowest BCUT2D eigenvalue weighted by molar-refractivity contribution is 0.0854. The summed E-state index contributed by atoms with van der Waals surface area (Å²) in [4.78, 5) is 5.09. The molecular weight excluding hydrogens is 218 g/mol. The van der Waals surface area contributed by atoms with Crippen molar-refractivity contribution in [3.8, 4) is 0 Å². The van der Waals surface area contributed by atoms with E-state index in [1.807, 2.05) is 13.8 Å². The molecule has 4 heteroatoms. The summed E-state index contributed by atoms with van der Waals surface area (Å²) in [6, 6.07) is 0.826. The van der Waals surface area contributed by atoms with Gasteiger partial charge in [-0.3, -0.25) is 9.21 Å². The van der Waals surface area contributed by atoms with E-state index in [9.17, 15) is 0 Å². The van der Waals surface area contributed by atoms with Gasteiger partial charge in [0.15, 0.2) is 0 Å². The molecule has 3 nitrogen and oxygen atoms in total. The smallest absolute Gasteiger partial charge is 0.0121 e. The number of piperidine rings is 1. The van der Waals surface area contributed by atoms with Crippen LogP contribution in [0.3, 0.4) is 0 Å². The van der Waals surface area contributed by atoms with Crippen molar-refractivity contribution in [3.63, 3.8) is 0 Å². The van der Waals surface area contributed by atoms with Crippen LogP contribution in [0, 0.1) is 0 Å². The highest BCUT2D eigenvalue weighted by Crippen LogP contribution is 2.18. The maximum absolute atomic E-state index is 4.39. The largest absolute Gasteiger partial charge is 0.304 e. The maximum atomic E-state index is 4.39. The van der Waals surface area contributed by atoms with Gasteiger partial charge in [-0.15, -0.1) is 0 Å². The SMILES string of the molecule is CC.CN1CCN(C2CCN(S)CC2)CC1. The molecule has 2 rings (SSSR count). The first-order valence-electron chi connectivity index (χ1n) is 6.62. The molecule has 0 unspecified atom stereocenters. The van der Waals surface area contributed by atoms with Crippen molar-refractivity contribution in [2.24, 2.45) is 0 Å². The summed E-state index contributed by atoms with van der Waals surface area (Å²) in [5, 5.41) is 0. The Hall–Kier alpha value is 0.230. The lowest BCUT2D eigenvalue weighted by Crippen LogP contribution is -2.51. The van der Waals surface area contributed by atoms with Crippen LogP contribution >= 0.6 is 12.8 Å². The van der Waals surface area contributed by atoms with Gasteiger partial charge in [0.2, 0.25) is 0 Å². The van der Waals surface area contributed by atoms with E-state index < -0.39 is 0 Å². The third-order valence-corrected chi connectivity index (χ3v) is 3.90. The molecule has 2 fully saturated rings. The summed E-state index contributed by atoms with van der Waals surface area (Å²) in [5.74, 6) is 0. The highest BCUT2D eigenvalue weighted by molar-refractivity contribution is 7.77. The Labute approximate surface area is 106 Å². The number of likely N-dealkylation sites (N-methyl/N-ethyl adjacent to an activating group) is 1. The number of nitrogens with zero attached hydrogens (tertiary/aromatic N) is 3. The molecule has 0 N–H and O–H groups in total. The molecule has 0 spiro atoms. The Morgan fingerprint density at radius 1 is 0.875 bits per heavy atom. The molecule has 2 aliphatic rings. The summed E-state index contributed by atoms with van der Waals surface area (Å²) in [6.07, 6.45) is 2.60. The van der Waals surface area contributed by atoms with E-state index in [1.165, 1.54) is 39.0 Å². The molecule has 2 heterocycles. The molecule has 2 aliphatic heterocycles. The van der Waals surface area contributed by atoms with Gasteiger partial charge in [-0.05, 0) is 19.9 Å². The fourth-order valence-corrected chi connectivity index (χ4v) is 2.64. The molecule has 0 radical (unpaired) electrons. The number of thiol groups is 1. The van der Waals surface area contributed by atoms with Crippen LogP contribution in [0.4, 0.5) is 0 Å². The van der Waals surface area contributed by atoms with Crippen LogP contribution in [-0.4, -0.2) is 66.5 Å². The third kappa shape index (κ3) is 4.24. The number of hydrogen-bond donors (Lipinski definition) is 1. The van der Waals surface area contributed by atoms with E-state index in [0.29, 0.717) is 0 Å². The van der Waals surface area contributed by atoms with Gasteiger partial charge in [0, 0.05) is 45.3 Å². The van der Waals surface area contributed by atoms with Gasteiger partial charge in [0.1, 0.15) is 0 Å². The van der Waals surface area contributed by atoms with Crippen LogP contribution in [0.1, 0.15) is 26.7 Å². The highest BCUT2D eigenvalue weighted by atomic mass is 32.1. The van der Waals surface area contributed by atoms with Crippen LogP contribution < -0.4 is 0 Å². The molecule has 0 saturated carbocycles. The molecule has 0 bridgehead atoms. The van der Waals surface area contributed by atoms with Crippen LogP contribution in [0.25, 0.3) is 0 Å². The summed E-state index contributed by atoms with van der Waals surface area (Å²) in [5.41, 5.74) is 0. The number of rotatable bonds is 1. The molecule has 0 aliphatic carbocycles. The van der Waals surface area contributed by atoms with Crippen molar-refractivity contribution in [3.05, 3.63) is 0 Å². The van der Waals surface area contributed by atoms with Crippen molar-refractivity contribution in [2.75, 3.05) is 46.3 Å². The normalized spacial score (nSPS) is 26.2. The summed E-state index contributed by atoms with van der Waals surface area (Å²) < 4.78 is 2.15. The van der Waals surface area contributed by atoms with E-state index in [2.05, 4.69) is 34.0 Å². The van der Waals surface area contributed by atoms with Crippen LogP contribution in [-0.2, 0) is 0 Å². The first kappa shape index (κ1) is 14.3. The average Bonchev–Trinajstić information content (AvgIpc) is 2.34. The first-order chi connectivity index (χ1) is 7.75. The fourth-order valence-electron chi connectivity index (χ4n) is 2.40. The van der Waals surface area contributed by atoms with Crippen LogP contribution in [0.2, 0.25) is 0 Å². The van der Waals surface area contributed by atoms with E-state index in [0.717, 1.165) is 19.1 Å². The average molecular weight is 245 g/mol. The van der Waals surface area contributed by atoms with Crippen molar-refractivity contribution in [2.45, 2.75) is 32.7 Å². The fraction of sp³-hybridized carbons (Fsp3) is 1.00. The van der Waals surface area contributed by atoms with Gasteiger partial charge < -0.3 is 4.90 Å². The van der Waals surface area contributed by atoms with E-state index in [4.69, 9.17) is 0 Å². The standard InChI is InChI=1S/C10H21N3S.C2H6/c1-11-6-8-12(9-7-11)10-2-4-13(14)5-3-10;1-2/h10,14H,2-9H2,1H3;1-2H3. The van der Waals surface area contributed by atoms with Gasteiger partial charge in [0.05, 0.1) is 0 Å². The molecule has 0 atom stereocenters. The summed E-state index contributed by atoms with van der Waals surface area (Å²) >= 11 is 4.39. The minimum absolute atomic E-state index is 0.826. The van der Waals surface area contributed by atoms with Crippen molar-refractivity contribution >= 4 is 12.8 Å². The third-order valence-electron chi connectivity index (χ3n) is 3.50. The Balaban J connectivity index is 0.000000606. The molecule has 0 amide bonds. The van der Waals surface area contributed by atoms with E-state index in [-0.39, 0.29) is 0 Å². The Bertz CT molecular complexity index is 153. The second-order valence-electron chi connectivity index (χ2n) is 4.52. The van der Waals surface area contributed by atoms with Gasteiger partial charge in [-0.2, -0.15) is 0 Å². The monoisotopic (exact) mass is 245 g/mol. The summed E-state index contributed by atoms with van der Waals surface area (Å²) in [6.45, 7) is 11.3. The second-order valence-corrected chi connectivity index (χ2v) is 5.09. The molecule has 0 aromatic rings. The molecular formula is C12H27N3S. The van der Waals surface area contributed by atoms with Crippen molar-refractivity contribution < 1.29 is 0 Å². The summed E-state index contributed by atoms with van der Waals surface area (Å²) in [7, 11) is 2.22. The topological polar surface area (TPSA) is 9.72 Å². The lowest BCUT2D eigenvalue weighted by Gasteiger charge is -2.41. The minimum Gasteiger partial charge on any atom is -0.304 e. The maximum Gasteiger partial charge on any atom is 0.0121 e. The molecule has 0 aromatic carbocycles. The van der Waals surface area contributed by atoms with Gasteiger partial charge >= 0.3 is 0 Å². The highest BCUT2D eigenvalue weighted by Gasteiger charge is 2.25. The zero-order valence-electron chi connectivity index (χ0n) is 11.0. The Morgan fingerprint density at radius 2 is 1.38 bits per heavy atom. The quantitative estimate of drug-likeness (QED) is 0.703. The van der Waals surface area contributed by atoms with E-state index >= 15 is 0 Å². The van der Waals surface area contributed by atoms with Gasteiger partial charge in [-0.1, -0.05) is 26.7 Å². The van der Waals surface area contributed by atoms with Crippen LogP contribution in [0.5, 0.6) is 0 Å². The number of piperazine rings is 1. The predicted molar refractivity (Wildman–Crippen MR) is 74.0 cm³/mol. The zero-order chi connectivity index (χ0) is 12.0. The van der Waals surface area contributed by atoms with Gasteiger partial charge in [0.25, 0.3) is 0 Å². The molecule has 2 saturated heterocycles. The Kier molecular flexibility index (Phi) is 6.73. The zero-order valence-corrected chi connectivity index (χ0v) is 11.9. The van der Waals surface area contributed by atoms with Crippen molar-refractivity contribution in [1.82, 2.24) is 14.1 Å². The predicted octanol–water partition coefficient (Wildman–Crippen LogP) is 1.57. The molecule has 16 heavy (non-hydrogen) atoms. The van der Waals surface area contributed by atoms with Crippen LogP contribution in [0.15, 0.2) is 0 Å². The van der Waals surface area contributed by atoms with Gasteiger partial charge in [-0.25, -0.2) is 0 Å². The molecule has 0 aromatic heterocycles. The van der Waals surface area contributed by atoms with Crippen molar-refractivity contribution in [1.29, 1.82) is 0 Å². The number of hydrogen-bond acceptors (Lipinski definition) is 4.